The monoisotopic (exact) mass is 497 g/mol. The van der Waals surface area contributed by atoms with Crippen LogP contribution in [0.4, 0.5) is 13.2 Å². The second kappa shape index (κ2) is 12.1. The number of benzene rings is 3. The van der Waals surface area contributed by atoms with Crippen molar-refractivity contribution in [2.24, 2.45) is 0 Å². The number of hydrogen-bond acceptors (Lipinski definition) is 4. The molecule has 0 N–H and O–H groups in total. The number of halogens is 3. The summed E-state index contributed by atoms with van der Waals surface area (Å²) in [5.41, 5.74) is 2.62. The van der Waals surface area contributed by atoms with Gasteiger partial charge in [0.05, 0.1) is 12.6 Å². The molecular weight excluding hydrogens is 471 g/mol. The fourth-order valence-electron chi connectivity index (χ4n) is 3.68. The summed E-state index contributed by atoms with van der Waals surface area (Å²) in [6.07, 6.45) is -1.82. The summed E-state index contributed by atoms with van der Waals surface area (Å²) in [6.45, 7) is 3.97. The Kier molecular flexibility index (Phi) is 8.89. The molecular formula is C28H26F3NO4. The molecule has 0 saturated carbocycles. The van der Waals surface area contributed by atoms with Gasteiger partial charge in [-0.15, -0.1) is 13.2 Å². The van der Waals surface area contributed by atoms with E-state index in [0.717, 1.165) is 11.1 Å². The van der Waals surface area contributed by atoms with Crippen LogP contribution in [-0.4, -0.2) is 29.7 Å². The van der Waals surface area contributed by atoms with Crippen molar-refractivity contribution in [1.29, 1.82) is 0 Å². The van der Waals surface area contributed by atoms with Crippen molar-refractivity contribution >= 4 is 18.0 Å². The number of amides is 1. The van der Waals surface area contributed by atoms with Crippen LogP contribution in [0, 0.1) is 0 Å². The summed E-state index contributed by atoms with van der Waals surface area (Å²) in [7, 11) is 0. The highest BCUT2D eigenvalue weighted by molar-refractivity contribution is 5.94. The van der Waals surface area contributed by atoms with Crippen LogP contribution in [0.5, 0.6) is 5.75 Å². The van der Waals surface area contributed by atoms with Gasteiger partial charge in [-0.2, -0.15) is 0 Å². The first-order valence-electron chi connectivity index (χ1n) is 11.3. The Morgan fingerprint density at radius 1 is 0.944 bits per heavy atom. The molecule has 0 spiro atoms. The highest BCUT2D eigenvalue weighted by Gasteiger charge is 2.31. The lowest BCUT2D eigenvalue weighted by Crippen LogP contribution is -2.33. The largest absolute Gasteiger partial charge is 0.573 e. The summed E-state index contributed by atoms with van der Waals surface area (Å²) in [5.74, 6) is -1.06. The van der Waals surface area contributed by atoms with Crippen molar-refractivity contribution in [2.75, 3.05) is 6.61 Å². The molecule has 1 unspecified atom stereocenters. The van der Waals surface area contributed by atoms with Gasteiger partial charge in [0.25, 0.3) is 5.91 Å². The molecule has 5 nitrogen and oxygen atoms in total. The second-order valence-electron chi connectivity index (χ2n) is 7.88. The number of carbonyl (C=O) groups is 2. The van der Waals surface area contributed by atoms with Gasteiger partial charge in [-0.1, -0.05) is 54.6 Å². The van der Waals surface area contributed by atoms with E-state index >= 15 is 0 Å². The molecule has 1 atom stereocenters. The molecule has 0 aliphatic rings. The zero-order valence-corrected chi connectivity index (χ0v) is 19.9. The fourth-order valence-corrected chi connectivity index (χ4v) is 3.68. The lowest BCUT2D eigenvalue weighted by molar-refractivity contribution is -0.274. The van der Waals surface area contributed by atoms with Crippen molar-refractivity contribution < 1.29 is 32.2 Å². The van der Waals surface area contributed by atoms with Crippen LogP contribution < -0.4 is 4.74 Å². The van der Waals surface area contributed by atoms with Crippen molar-refractivity contribution in [3.8, 4) is 5.75 Å². The van der Waals surface area contributed by atoms with E-state index in [2.05, 4.69) is 4.74 Å². The summed E-state index contributed by atoms with van der Waals surface area (Å²) >= 11 is 0. The van der Waals surface area contributed by atoms with Crippen molar-refractivity contribution in [1.82, 2.24) is 4.90 Å². The number of rotatable bonds is 9. The third-order valence-corrected chi connectivity index (χ3v) is 5.39. The summed E-state index contributed by atoms with van der Waals surface area (Å²) in [5, 5.41) is 0. The molecule has 0 saturated heterocycles. The Morgan fingerprint density at radius 3 is 2.22 bits per heavy atom. The Balaban J connectivity index is 1.93. The Bertz CT molecular complexity index is 1190. The molecule has 3 rings (SSSR count). The maximum absolute atomic E-state index is 13.5. The molecule has 0 aliphatic heterocycles. The molecule has 0 radical (unpaired) electrons. The first kappa shape index (κ1) is 26.5. The minimum Gasteiger partial charge on any atom is -0.463 e. The van der Waals surface area contributed by atoms with Gasteiger partial charge in [0.2, 0.25) is 0 Å². The average Bonchev–Trinajstić information content (AvgIpc) is 2.86. The summed E-state index contributed by atoms with van der Waals surface area (Å²) < 4.78 is 46.5. The van der Waals surface area contributed by atoms with Crippen LogP contribution >= 0.6 is 0 Å². The van der Waals surface area contributed by atoms with Gasteiger partial charge in [-0.25, -0.2) is 4.79 Å². The topological polar surface area (TPSA) is 55.8 Å². The molecule has 3 aromatic carbocycles. The molecule has 188 valence electrons. The maximum Gasteiger partial charge on any atom is 0.573 e. The standard InChI is InChI=1S/C28H26F3NO4/c1-3-35-26(33)18-15-22-9-7-8-12-25(22)20(2)32(27(34)23-10-5-4-6-11-23)19-21-13-16-24(17-14-21)36-28(29,30)31/h4-18,20H,3,19H2,1-2H3/b18-15+. The van der Waals surface area contributed by atoms with Gasteiger partial charge in [0.15, 0.2) is 0 Å². The van der Waals surface area contributed by atoms with Crippen LogP contribution in [0.15, 0.2) is 84.9 Å². The fraction of sp³-hybridized carbons (Fsp3) is 0.214. The molecule has 0 aliphatic carbocycles. The Morgan fingerprint density at radius 2 is 1.58 bits per heavy atom. The first-order valence-corrected chi connectivity index (χ1v) is 11.3. The van der Waals surface area contributed by atoms with E-state index in [0.29, 0.717) is 11.1 Å². The predicted molar refractivity (Wildman–Crippen MR) is 130 cm³/mol. The van der Waals surface area contributed by atoms with Gasteiger partial charge in [0.1, 0.15) is 5.75 Å². The zero-order chi connectivity index (χ0) is 26.1. The van der Waals surface area contributed by atoms with Gasteiger partial charge in [-0.3, -0.25) is 4.79 Å². The highest BCUT2D eigenvalue weighted by Crippen LogP contribution is 2.29. The van der Waals surface area contributed by atoms with Gasteiger partial charge in [0, 0.05) is 18.2 Å². The molecule has 0 heterocycles. The number of alkyl halides is 3. The maximum atomic E-state index is 13.5. The molecule has 36 heavy (non-hydrogen) atoms. The van der Waals surface area contributed by atoms with E-state index in [1.807, 2.05) is 31.2 Å². The Hall–Kier alpha value is -4.07. The molecule has 0 fully saturated rings. The van der Waals surface area contributed by atoms with Crippen LogP contribution in [-0.2, 0) is 16.1 Å². The summed E-state index contributed by atoms with van der Waals surface area (Å²) in [6, 6.07) is 21.1. The predicted octanol–water partition coefficient (Wildman–Crippen LogP) is 6.57. The molecule has 3 aromatic rings. The van der Waals surface area contributed by atoms with E-state index in [-0.39, 0.29) is 24.8 Å². The second-order valence-corrected chi connectivity index (χ2v) is 7.88. The Labute approximate surface area is 207 Å². The van der Waals surface area contributed by atoms with Gasteiger partial charge >= 0.3 is 12.3 Å². The lowest BCUT2D eigenvalue weighted by atomic mass is 9.98. The first-order chi connectivity index (χ1) is 17.2. The van der Waals surface area contributed by atoms with Crippen LogP contribution in [0.1, 0.15) is 46.9 Å². The third-order valence-electron chi connectivity index (χ3n) is 5.39. The van der Waals surface area contributed by atoms with E-state index in [1.54, 1.807) is 48.2 Å². The minimum atomic E-state index is -4.79. The third kappa shape index (κ3) is 7.46. The molecule has 1 amide bonds. The lowest BCUT2D eigenvalue weighted by Gasteiger charge is -2.31. The van der Waals surface area contributed by atoms with Gasteiger partial charge < -0.3 is 14.4 Å². The van der Waals surface area contributed by atoms with Crippen molar-refractivity contribution in [2.45, 2.75) is 32.8 Å². The molecule has 8 heteroatoms. The van der Waals surface area contributed by atoms with Crippen molar-refractivity contribution in [3.05, 3.63) is 107 Å². The van der Waals surface area contributed by atoms with Crippen LogP contribution in [0.3, 0.4) is 0 Å². The number of carbonyl (C=O) groups excluding carboxylic acids is 2. The highest BCUT2D eigenvalue weighted by atomic mass is 19.4. The zero-order valence-electron chi connectivity index (χ0n) is 19.9. The average molecular weight is 498 g/mol. The summed E-state index contributed by atoms with van der Waals surface area (Å²) in [4.78, 5) is 27.0. The van der Waals surface area contributed by atoms with E-state index in [9.17, 15) is 22.8 Å². The quantitative estimate of drug-likeness (QED) is 0.248. The number of hydrogen-bond donors (Lipinski definition) is 0. The number of ether oxygens (including phenoxy) is 2. The van der Waals surface area contributed by atoms with E-state index < -0.39 is 18.4 Å². The smallest absolute Gasteiger partial charge is 0.463 e. The van der Waals surface area contributed by atoms with Crippen molar-refractivity contribution in [3.63, 3.8) is 0 Å². The number of nitrogens with zero attached hydrogens (tertiary/aromatic N) is 1. The van der Waals surface area contributed by atoms with Crippen LogP contribution in [0.25, 0.3) is 6.08 Å². The SMILES string of the molecule is CCOC(=O)/C=C/c1ccccc1C(C)N(Cc1ccc(OC(F)(F)F)cc1)C(=O)c1ccccc1. The molecule has 0 bridgehead atoms. The normalized spacial score (nSPS) is 12.2. The van der Waals surface area contributed by atoms with E-state index in [1.165, 1.54) is 30.3 Å². The minimum absolute atomic E-state index is 0.136. The van der Waals surface area contributed by atoms with Crippen LogP contribution in [0.2, 0.25) is 0 Å². The van der Waals surface area contributed by atoms with E-state index in [4.69, 9.17) is 4.74 Å². The number of esters is 1. The van der Waals surface area contributed by atoms with Gasteiger partial charge in [-0.05, 0) is 60.9 Å². The molecule has 0 aromatic heterocycles.